The van der Waals surface area contributed by atoms with Crippen molar-refractivity contribution in [3.05, 3.63) is 74.5 Å². The van der Waals surface area contributed by atoms with E-state index in [1.54, 1.807) is 17.0 Å². The standard InChI is InChI=1S/C23H19ClN4O2S/c1-14-25-21-22(31-14)20(16-8-10-17(24)11-9-16)26-28(23(21)30)13-19(29)27-12-4-6-15-5-2-3-7-18(15)27/h2-3,5,7-11H,4,6,12-13H2,1H3. The second-order valence-electron chi connectivity index (χ2n) is 7.51. The van der Waals surface area contributed by atoms with E-state index in [1.165, 1.54) is 16.0 Å². The minimum Gasteiger partial charge on any atom is -0.311 e. The van der Waals surface area contributed by atoms with Gasteiger partial charge < -0.3 is 4.90 Å². The molecule has 0 bridgehead atoms. The fraction of sp³-hybridized carbons (Fsp3) is 0.217. The summed E-state index contributed by atoms with van der Waals surface area (Å²) in [5.74, 6) is -0.157. The molecule has 1 amide bonds. The Bertz CT molecular complexity index is 1360. The molecule has 31 heavy (non-hydrogen) atoms. The summed E-state index contributed by atoms with van der Waals surface area (Å²) in [5.41, 5.74) is 3.50. The summed E-state index contributed by atoms with van der Waals surface area (Å²) in [6.07, 6.45) is 1.84. The molecule has 4 aromatic rings. The number of anilines is 1. The number of fused-ring (bicyclic) bond motifs is 2. The van der Waals surface area contributed by atoms with Crippen LogP contribution in [0.25, 0.3) is 21.5 Å². The van der Waals surface area contributed by atoms with Gasteiger partial charge in [0.05, 0.1) is 9.71 Å². The first-order chi connectivity index (χ1) is 15.0. The molecular formula is C23H19ClN4O2S. The van der Waals surface area contributed by atoms with Crippen LogP contribution in [0.2, 0.25) is 5.02 Å². The molecular weight excluding hydrogens is 432 g/mol. The number of halogens is 1. The molecule has 5 rings (SSSR count). The van der Waals surface area contributed by atoms with Crippen molar-refractivity contribution in [2.75, 3.05) is 11.4 Å². The van der Waals surface area contributed by atoms with Crippen molar-refractivity contribution < 1.29 is 4.79 Å². The van der Waals surface area contributed by atoms with E-state index < -0.39 is 0 Å². The van der Waals surface area contributed by atoms with Crippen LogP contribution >= 0.6 is 22.9 Å². The molecule has 1 aliphatic heterocycles. The third-order valence-electron chi connectivity index (χ3n) is 5.42. The highest BCUT2D eigenvalue weighted by molar-refractivity contribution is 7.19. The predicted octanol–water partition coefficient (Wildman–Crippen LogP) is 4.46. The van der Waals surface area contributed by atoms with Gasteiger partial charge in [-0.2, -0.15) is 5.10 Å². The lowest BCUT2D eigenvalue weighted by Crippen LogP contribution is -2.40. The molecule has 6 nitrogen and oxygen atoms in total. The molecule has 0 saturated heterocycles. The lowest BCUT2D eigenvalue weighted by Gasteiger charge is -2.29. The molecule has 3 heterocycles. The maximum Gasteiger partial charge on any atom is 0.294 e. The Hall–Kier alpha value is -3.03. The molecule has 0 unspecified atom stereocenters. The van der Waals surface area contributed by atoms with Crippen molar-refractivity contribution in [2.24, 2.45) is 0 Å². The number of thiazole rings is 1. The first-order valence-electron chi connectivity index (χ1n) is 10.0. The number of hydrogen-bond acceptors (Lipinski definition) is 5. The molecule has 2 aromatic carbocycles. The van der Waals surface area contributed by atoms with Gasteiger partial charge in [0, 0.05) is 22.8 Å². The van der Waals surface area contributed by atoms with Crippen molar-refractivity contribution in [3.63, 3.8) is 0 Å². The summed E-state index contributed by atoms with van der Waals surface area (Å²) in [6, 6.07) is 15.2. The Kier molecular flexibility index (Phi) is 5.08. The van der Waals surface area contributed by atoms with Crippen LogP contribution in [-0.4, -0.2) is 27.2 Å². The number of benzene rings is 2. The van der Waals surface area contributed by atoms with Crippen LogP contribution in [0.3, 0.4) is 0 Å². The van der Waals surface area contributed by atoms with Crippen molar-refractivity contribution in [3.8, 4) is 11.3 Å². The van der Waals surface area contributed by atoms with E-state index in [4.69, 9.17) is 11.6 Å². The minimum absolute atomic E-state index is 0.139. The van der Waals surface area contributed by atoms with Crippen LogP contribution < -0.4 is 10.5 Å². The number of carbonyl (C=O) groups is 1. The quantitative estimate of drug-likeness (QED) is 0.462. The highest BCUT2D eigenvalue weighted by Gasteiger charge is 2.24. The number of para-hydroxylation sites is 1. The van der Waals surface area contributed by atoms with Crippen molar-refractivity contribution in [2.45, 2.75) is 26.3 Å². The zero-order chi connectivity index (χ0) is 21.5. The van der Waals surface area contributed by atoms with E-state index >= 15 is 0 Å². The van der Waals surface area contributed by atoms with Crippen LogP contribution in [-0.2, 0) is 17.8 Å². The van der Waals surface area contributed by atoms with E-state index in [9.17, 15) is 9.59 Å². The second kappa shape index (κ2) is 7.90. The SMILES string of the molecule is Cc1nc2c(=O)n(CC(=O)N3CCCc4ccccc43)nc(-c3ccc(Cl)cc3)c2s1. The van der Waals surface area contributed by atoms with Gasteiger partial charge in [0.15, 0.2) is 5.52 Å². The van der Waals surface area contributed by atoms with Crippen molar-refractivity contribution in [1.82, 2.24) is 14.8 Å². The molecule has 2 aromatic heterocycles. The Labute approximate surface area is 187 Å². The minimum atomic E-state index is -0.351. The zero-order valence-corrected chi connectivity index (χ0v) is 18.4. The van der Waals surface area contributed by atoms with Gasteiger partial charge >= 0.3 is 0 Å². The molecule has 0 radical (unpaired) electrons. The Morgan fingerprint density at radius 3 is 2.74 bits per heavy atom. The fourth-order valence-corrected chi connectivity index (χ4v) is 5.02. The average molecular weight is 451 g/mol. The number of aromatic nitrogens is 3. The summed E-state index contributed by atoms with van der Waals surface area (Å²) >= 11 is 7.46. The van der Waals surface area contributed by atoms with Gasteiger partial charge in [-0.3, -0.25) is 9.59 Å². The third kappa shape index (κ3) is 3.64. The summed E-state index contributed by atoms with van der Waals surface area (Å²) in [4.78, 5) is 32.5. The number of carbonyl (C=O) groups excluding carboxylic acids is 1. The van der Waals surface area contributed by atoms with E-state index in [0.717, 1.165) is 39.4 Å². The molecule has 1 aliphatic rings. The molecule has 8 heteroatoms. The lowest BCUT2D eigenvalue weighted by molar-refractivity contribution is -0.119. The fourth-order valence-electron chi connectivity index (χ4n) is 3.98. The third-order valence-corrected chi connectivity index (χ3v) is 6.65. The molecule has 0 atom stereocenters. The number of rotatable bonds is 3. The zero-order valence-electron chi connectivity index (χ0n) is 16.8. The van der Waals surface area contributed by atoms with Gasteiger partial charge in [0.2, 0.25) is 5.91 Å². The Morgan fingerprint density at radius 1 is 1.16 bits per heavy atom. The van der Waals surface area contributed by atoms with Gasteiger partial charge in [-0.05, 0) is 43.5 Å². The number of hydrogen-bond donors (Lipinski definition) is 0. The van der Waals surface area contributed by atoms with Gasteiger partial charge in [-0.1, -0.05) is 41.9 Å². The maximum absolute atomic E-state index is 13.2. The molecule has 0 saturated carbocycles. The maximum atomic E-state index is 13.2. The van der Waals surface area contributed by atoms with Gasteiger partial charge in [-0.15, -0.1) is 11.3 Å². The van der Waals surface area contributed by atoms with Crippen LogP contribution in [0.5, 0.6) is 0 Å². The summed E-state index contributed by atoms with van der Waals surface area (Å²) < 4.78 is 1.96. The largest absolute Gasteiger partial charge is 0.311 e. The summed E-state index contributed by atoms with van der Waals surface area (Å²) in [7, 11) is 0. The smallest absolute Gasteiger partial charge is 0.294 e. The Balaban J connectivity index is 1.58. The molecule has 0 spiro atoms. The first kappa shape index (κ1) is 19.9. The van der Waals surface area contributed by atoms with Crippen molar-refractivity contribution >= 4 is 44.7 Å². The topological polar surface area (TPSA) is 68.1 Å². The second-order valence-corrected chi connectivity index (χ2v) is 9.15. The summed E-state index contributed by atoms with van der Waals surface area (Å²) in [5, 5.41) is 5.98. The number of nitrogens with zero attached hydrogens (tertiary/aromatic N) is 4. The van der Waals surface area contributed by atoms with Gasteiger partial charge in [0.25, 0.3) is 5.56 Å². The Morgan fingerprint density at radius 2 is 1.94 bits per heavy atom. The average Bonchev–Trinajstić information content (AvgIpc) is 3.18. The highest BCUT2D eigenvalue weighted by atomic mass is 35.5. The van der Waals surface area contributed by atoms with E-state index in [-0.39, 0.29) is 18.0 Å². The molecule has 0 fully saturated rings. The van der Waals surface area contributed by atoms with Crippen molar-refractivity contribution in [1.29, 1.82) is 0 Å². The first-order valence-corrected chi connectivity index (χ1v) is 11.2. The van der Waals surface area contributed by atoms with E-state index in [1.807, 2.05) is 43.3 Å². The normalized spacial score (nSPS) is 13.4. The predicted molar refractivity (Wildman–Crippen MR) is 124 cm³/mol. The number of aryl methyl sites for hydroxylation is 2. The van der Waals surface area contributed by atoms with Gasteiger partial charge in [0.1, 0.15) is 12.2 Å². The van der Waals surface area contributed by atoms with E-state index in [2.05, 4.69) is 10.1 Å². The highest BCUT2D eigenvalue weighted by Crippen LogP contribution is 2.30. The monoisotopic (exact) mass is 450 g/mol. The van der Waals surface area contributed by atoms with E-state index in [0.29, 0.717) is 22.8 Å². The van der Waals surface area contributed by atoms with Crippen LogP contribution in [0.1, 0.15) is 17.0 Å². The summed E-state index contributed by atoms with van der Waals surface area (Å²) in [6.45, 7) is 2.35. The molecule has 0 N–H and O–H groups in total. The lowest BCUT2D eigenvalue weighted by atomic mass is 10.0. The van der Waals surface area contributed by atoms with Crippen LogP contribution in [0.4, 0.5) is 5.69 Å². The van der Waals surface area contributed by atoms with Crippen LogP contribution in [0, 0.1) is 6.92 Å². The number of amides is 1. The van der Waals surface area contributed by atoms with Gasteiger partial charge in [-0.25, -0.2) is 9.67 Å². The molecule has 0 aliphatic carbocycles. The molecule has 156 valence electrons. The van der Waals surface area contributed by atoms with Crippen LogP contribution in [0.15, 0.2) is 53.3 Å².